The summed E-state index contributed by atoms with van der Waals surface area (Å²) >= 11 is 0. The molecule has 0 aromatic carbocycles. The van der Waals surface area contributed by atoms with Crippen LogP contribution in [-0.4, -0.2) is 56.4 Å². The van der Waals surface area contributed by atoms with E-state index in [0.717, 1.165) is 0 Å². The Morgan fingerprint density at radius 3 is 0.778 bits per heavy atom. The van der Waals surface area contributed by atoms with Gasteiger partial charge in [-0.1, -0.05) is 0 Å². The molecule has 0 saturated carbocycles. The molecule has 0 aliphatic rings. The summed E-state index contributed by atoms with van der Waals surface area (Å²) in [6, 6.07) is 0. The van der Waals surface area contributed by atoms with Gasteiger partial charge in [-0.3, -0.25) is 8.92 Å². The van der Waals surface area contributed by atoms with Crippen LogP contribution in [0.1, 0.15) is 0 Å². The first-order valence-electron chi connectivity index (χ1n) is 1.30. The third-order valence-electron chi connectivity index (χ3n) is 0. The molecule has 0 amide bonds. The van der Waals surface area contributed by atoms with Crippen LogP contribution in [0.5, 0.6) is 0 Å². The second kappa shape index (κ2) is 10.7. The maximum atomic E-state index is 8.74. The van der Waals surface area contributed by atoms with Crippen molar-refractivity contribution >= 4 is 37.2 Å². The minimum Gasteiger partial charge on any atom is -0.511 e. The monoisotopic (exact) mass is 163 g/mol. The molecule has 0 aliphatic heterocycles. The van der Waals surface area contributed by atoms with Gasteiger partial charge in [0, 0.05) is 18.9 Å². The Balaban J connectivity index is -0.0000000720. The first-order chi connectivity index (χ1) is 3.46. The van der Waals surface area contributed by atoms with Gasteiger partial charge < -0.3 is 19.2 Å². The van der Waals surface area contributed by atoms with Gasteiger partial charge in [-0.05, 0) is 0 Å². The molecule has 9 heavy (non-hydrogen) atoms. The van der Waals surface area contributed by atoms with Crippen molar-refractivity contribution in [3.05, 3.63) is 0 Å². The standard InChI is InChI=1S/Li.2H2O3Si/c;2*1-4(2)3/h;2*1-2H. The molecule has 0 rings (SSSR count). The van der Waals surface area contributed by atoms with Gasteiger partial charge in [0.2, 0.25) is 0 Å². The molecular weight excluding hydrogens is 159 g/mol. The topological polar surface area (TPSA) is 115 Å². The van der Waals surface area contributed by atoms with Gasteiger partial charge in [0.15, 0.2) is 0 Å². The molecule has 0 unspecified atom stereocenters. The van der Waals surface area contributed by atoms with Crippen molar-refractivity contribution in [2.24, 2.45) is 0 Å². The molecule has 0 aliphatic carbocycles. The summed E-state index contributed by atoms with van der Waals surface area (Å²) in [5.74, 6) is 0. The van der Waals surface area contributed by atoms with Gasteiger partial charge in [-0.25, -0.2) is 0 Å². The van der Waals surface area contributed by atoms with Gasteiger partial charge >= 0.3 is 18.3 Å². The number of hydrogen-bond donors (Lipinski definition) is 4. The second-order valence-corrected chi connectivity index (χ2v) is 1.70. The summed E-state index contributed by atoms with van der Waals surface area (Å²) in [5.41, 5.74) is 0. The minimum atomic E-state index is -3.13. The van der Waals surface area contributed by atoms with Crippen molar-refractivity contribution in [3.8, 4) is 0 Å². The Morgan fingerprint density at radius 1 is 0.778 bits per heavy atom. The smallest absolute Gasteiger partial charge is 0.511 e. The summed E-state index contributed by atoms with van der Waals surface area (Å²) in [5, 5.41) is 0. The molecule has 1 radical (unpaired) electrons. The van der Waals surface area contributed by atoms with Crippen LogP contribution in [-0.2, 0) is 8.92 Å². The Labute approximate surface area is 65.8 Å². The largest absolute Gasteiger partial charge is 0.761 e. The van der Waals surface area contributed by atoms with E-state index in [4.69, 9.17) is 28.1 Å². The molecule has 0 fully saturated rings. The van der Waals surface area contributed by atoms with E-state index in [-0.39, 0.29) is 18.9 Å². The summed E-state index contributed by atoms with van der Waals surface area (Å²) in [6.07, 6.45) is 0. The fourth-order valence-corrected chi connectivity index (χ4v) is 0. The van der Waals surface area contributed by atoms with Crippen LogP contribution in [0.15, 0.2) is 0 Å². The molecular formula is H4LiO6Si2. The number of hydrogen-bond acceptors (Lipinski definition) is 2. The molecule has 49 valence electrons. The average Bonchev–Trinajstić information content (AvgIpc) is 1.25. The van der Waals surface area contributed by atoms with E-state index in [1.165, 1.54) is 0 Å². The van der Waals surface area contributed by atoms with E-state index >= 15 is 0 Å². The fourth-order valence-electron chi connectivity index (χ4n) is 0. The van der Waals surface area contributed by atoms with Crippen molar-refractivity contribution in [3.63, 3.8) is 0 Å². The first kappa shape index (κ1) is 15.9. The van der Waals surface area contributed by atoms with Crippen molar-refractivity contribution < 1.29 is 28.1 Å². The molecule has 0 aromatic heterocycles. The predicted molar refractivity (Wildman–Crippen MR) is 27.5 cm³/mol. The second-order valence-electron chi connectivity index (χ2n) is 0.565. The minimum absolute atomic E-state index is 0. The van der Waals surface area contributed by atoms with Crippen LogP contribution in [0.2, 0.25) is 0 Å². The quantitative estimate of drug-likeness (QED) is 0.274. The Hall–Kier alpha value is -0.169. The summed E-state index contributed by atoms with van der Waals surface area (Å²) in [6.45, 7) is 0. The van der Waals surface area contributed by atoms with Crippen LogP contribution in [0.3, 0.4) is 0 Å². The summed E-state index contributed by atoms with van der Waals surface area (Å²) < 4.78 is 17.5. The average molecular weight is 163 g/mol. The molecule has 0 saturated heterocycles. The maximum Gasteiger partial charge on any atom is 0.761 e. The van der Waals surface area contributed by atoms with Crippen molar-refractivity contribution in [2.45, 2.75) is 0 Å². The van der Waals surface area contributed by atoms with E-state index in [2.05, 4.69) is 0 Å². The Bertz CT molecular complexity index is 69.1. The van der Waals surface area contributed by atoms with Gasteiger partial charge in [0.25, 0.3) is 0 Å². The SMILES string of the molecule is O=[Si](O)O.O=[Si](O)O.[Li]. The summed E-state index contributed by atoms with van der Waals surface area (Å²) in [4.78, 5) is 28.6. The molecule has 4 N–H and O–H groups in total. The fraction of sp³-hybridized carbons (Fsp3) is 0. The zero-order valence-electron chi connectivity index (χ0n) is 4.61. The molecule has 0 bridgehead atoms. The third kappa shape index (κ3) is 9340. The Kier molecular flexibility index (Phi) is 19.0. The van der Waals surface area contributed by atoms with Crippen LogP contribution in [0.25, 0.3) is 0 Å². The van der Waals surface area contributed by atoms with E-state index in [1.807, 2.05) is 0 Å². The summed E-state index contributed by atoms with van der Waals surface area (Å²) in [7, 11) is -6.26. The third-order valence-corrected chi connectivity index (χ3v) is 0. The zero-order chi connectivity index (χ0) is 7.15. The first-order valence-corrected chi connectivity index (χ1v) is 3.91. The van der Waals surface area contributed by atoms with E-state index < -0.39 is 18.3 Å². The van der Waals surface area contributed by atoms with E-state index in [9.17, 15) is 0 Å². The van der Waals surface area contributed by atoms with Crippen molar-refractivity contribution in [1.82, 2.24) is 0 Å². The van der Waals surface area contributed by atoms with Gasteiger partial charge in [-0.15, -0.1) is 0 Å². The normalized spacial score (nSPS) is 5.33. The van der Waals surface area contributed by atoms with Crippen molar-refractivity contribution in [1.29, 1.82) is 0 Å². The molecule has 0 aromatic rings. The van der Waals surface area contributed by atoms with Crippen LogP contribution in [0.4, 0.5) is 0 Å². The van der Waals surface area contributed by atoms with Crippen LogP contribution in [0, 0.1) is 0 Å². The van der Waals surface area contributed by atoms with E-state index in [0.29, 0.717) is 0 Å². The van der Waals surface area contributed by atoms with Gasteiger partial charge in [0.1, 0.15) is 0 Å². The molecule has 0 spiro atoms. The molecule has 6 nitrogen and oxygen atoms in total. The molecule has 9 heteroatoms. The van der Waals surface area contributed by atoms with Crippen LogP contribution >= 0.6 is 0 Å². The van der Waals surface area contributed by atoms with Gasteiger partial charge in [-0.2, -0.15) is 0 Å². The van der Waals surface area contributed by atoms with Gasteiger partial charge in [0.05, 0.1) is 0 Å². The van der Waals surface area contributed by atoms with Crippen LogP contribution < -0.4 is 0 Å². The van der Waals surface area contributed by atoms with E-state index in [1.54, 1.807) is 0 Å². The molecule has 0 atom stereocenters. The Morgan fingerprint density at radius 2 is 0.778 bits per heavy atom. The zero-order valence-corrected chi connectivity index (χ0v) is 6.61. The molecule has 0 heterocycles. The van der Waals surface area contributed by atoms with Crippen molar-refractivity contribution in [2.75, 3.05) is 0 Å². The predicted octanol–water partition coefficient (Wildman–Crippen LogP) is -3.61. The maximum absolute atomic E-state index is 8.74. The number of rotatable bonds is 0.